The van der Waals surface area contributed by atoms with E-state index in [4.69, 9.17) is 25.8 Å². The number of benzene rings is 1. The molecule has 6 rings (SSSR count). The van der Waals surface area contributed by atoms with E-state index in [1.807, 2.05) is 12.4 Å². The third-order valence-corrected chi connectivity index (χ3v) is 11.2. The van der Waals surface area contributed by atoms with Gasteiger partial charge < -0.3 is 19.1 Å². The molecule has 0 aromatic heterocycles. The summed E-state index contributed by atoms with van der Waals surface area (Å²) in [6, 6.07) is 5.12. The van der Waals surface area contributed by atoms with Gasteiger partial charge in [-0.05, 0) is 50.0 Å². The summed E-state index contributed by atoms with van der Waals surface area (Å²) in [6.07, 6.45) is 9.75. The van der Waals surface area contributed by atoms with Crippen LogP contribution < -0.4 is 4.74 Å². The van der Waals surface area contributed by atoms with Crippen LogP contribution in [0.1, 0.15) is 37.7 Å². The molecule has 3 atom stereocenters. The first-order valence-electron chi connectivity index (χ1n) is 13.5. The molecule has 5 aliphatic rings. The summed E-state index contributed by atoms with van der Waals surface area (Å²) in [4.78, 5) is 22.5. The molecule has 4 aliphatic heterocycles. The first kappa shape index (κ1) is 27.0. The van der Waals surface area contributed by atoms with Gasteiger partial charge in [0.25, 0.3) is 0 Å². The zero-order valence-corrected chi connectivity index (χ0v) is 23.6. The normalized spacial score (nSPS) is 30.2. The van der Waals surface area contributed by atoms with Gasteiger partial charge in [0.05, 0.1) is 41.5 Å². The van der Waals surface area contributed by atoms with Crippen LogP contribution in [-0.4, -0.2) is 93.3 Å². The van der Waals surface area contributed by atoms with Crippen LogP contribution in [-0.2, 0) is 24.1 Å². The molecule has 2 saturated heterocycles. The van der Waals surface area contributed by atoms with E-state index in [0.717, 1.165) is 39.1 Å². The molecule has 210 valence electrons. The van der Waals surface area contributed by atoms with Gasteiger partial charge in [-0.1, -0.05) is 11.6 Å². The number of halogens is 1. The third-order valence-electron chi connectivity index (χ3n) is 8.81. The van der Waals surface area contributed by atoms with Gasteiger partial charge in [-0.25, -0.2) is 8.42 Å². The highest BCUT2D eigenvalue weighted by atomic mass is 35.5. The Morgan fingerprint density at radius 3 is 2.79 bits per heavy atom. The van der Waals surface area contributed by atoms with E-state index in [9.17, 15) is 13.2 Å². The van der Waals surface area contributed by atoms with Crippen LogP contribution >= 0.6 is 11.6 Å². The maximum atomic E-state index is 13.8. The largest absolute Gasteiger partial charge is 0.487 e. The van der Waals surface area contributed by atoms with Crippen LogP contribution in [0.25, 0.3) is 6.08 Å². The number of rotatable bonds is 6. The van der Waals surface area contributed by atoms with Crippen LogP contribution in [0.2, 0.25) is 5.02 Å². The second kappa shape index (κ2) is 10.3. The maximum Gasteiger partial charge on any atom is 0.181 e. The number of aliphatic imine (C=N–C) groups is 1. The second-order valence-corrected chi connectivity index (χ2v) is 14.0. The number of sulfone groups is 1. The monoisotopic (exact) mass is 575 g/mol. The van der Waals surface area contributed by atoms with Crippen LogP contribution in [0.15, 0.2) is 40.5 Å². The Morgan fingerprint density at radius 2 is 2.05 bits per heavy atom. The van der Waals surface area contributed by atoms with Crippen molar-refractivity contribution < 1.29 is 27.4 Å². The molecule has 1 aromatic rings. The summed E-state index contributed by atoms with van der Waals surface area (Å²) >= 11 is 6.06. The SMILES string of the molecule is COCC12CC(S(=O)(=O)C3=Cc4ccc(Cl)cc4OC3)CC(=O)C1CC1(CCN(CN3C=CN=CC3)CC1)O2. The number of nitrogens with zero attached hydrogens (tertiary/aromatic N) is 3. The Balaban J connectivity index is 1.20. The molecule has 39 heavy (non-hydrogen) atoms. The molecule has 3 unspecified atom stereocenters. The predicted octanol–water partition coefficient (Wildman–Crippen LogP) is 3.29. The van der Waals surface area contributed by atoms with Crippen LogP contribution in [0, 0.1) is 5.92 Å². The fourth-order valence-electron chi connectivity index (χ4n) is 6.84. The number of methoxy groups -OCH3 is 1. The Bertz CT molecular complexity index is 1340. The van der Waals surface area contributed by atoms with Gasteiger partial charge in [0.15, 0.2) is 9.84 Å². The van der Waals surface area contributed by atoms with Crippen molar-refractivity contribution in [3.63, 3.8) is 0 Å². The van der Waals surface area contributed by atoms with Crippen molar-refractivity contribution in [3.8, 4) is 5.75 Å². The zero-order valence-electron chi connectivity index (χ0n) is 22.1. The molecule has 0 amide bonds. The van der Waals surface area contributed by atoms with E-state index in [0.29, 0.717) is 22.8 Å². The van der Waals surface area contributed by atoms with E-state index < -0.39 is 26.3 Å². The molecular weight excluding hydrogens is 542 g/mol. The lowest BCUT2D eigenvalue weighted by molar-refractivity contribution is -0.170. The second-order valence-electron chi connectivity index (χ2n) is 11.3. The Hall–Kier alpha value is -2.24. The van der Waals surface area contributed by atoms with Gasteiger partial charge in [0, 0.05) is 55.8 Å². The quantitative estimate of drug-likeness (QED) is 0.510. The van der Waals surface area contributed by atoms with Gasteiger partial charge in [-0.3, -0.25) is 14.7 Å². The number of ketones is 1. The number of fused-ring (bicyclic) bond motifs is 2. The van der Waals surface area contributed by atoms with E-state index in [2.05, 4.69) is 14.8 Å². The number of piperidine rings is 1. The average molecular weight is 576 g/mol. The van der Waals surface area contributed by atoms with E-state index >= 15 is 0 Å². The van der Waals surface area contributed by atoms with E-state index in [-0.39, 0.29) is 42.7 Å². The van der Waals surface area contributed by atoms with Crippen LogP contribution in [0.5, 0.6) is 5.75 Å². The smallest absolute Gasteiger partial charge is 0.181 e. The molecule has 0 N–H and O–H groups in total. The molecule has 11 heteroatoms. The third kappa shape index (κ3) is 5.06. The topological polar surface area (TPSA) is 97.7 Å². The Kier molecular flexibility index (Phi) is 7.12. The predicted molar refractivity (Wildman–Crippen MR) is 148 cm³/mol. The molecule has 0 radical (unpaired) electrons. The van der Waals surface area contributed by atoms with Crippen molar-refractivity contribution >= 4 is 39.5 Å². The van der Waals surface area contributed by atoms with Crippen molar-refractivity contribution in [1.82, 2.24) is 9.80 Å². The number of hydrogen-bond donors (Lipinski definition) is 0. The number of carbonyl (C=O) groups excluding carboxylic acids is 1. The van der Waals surface area contributed by atoms with Gasteiger partial charge in [0.1, 0.15) is 23.7 Å². The van der Waals surface area contributed by atoms with Crippen molar-refractivity contribution in [1.29, 1.82) is 0 Å². The van der Waals surface area contributed by atoms with Crippen LogP contribution in [0.3, 0.4) is 0 Å². The van der Waals surface area contributed by atoms with Crippen molar-refractivity contribution in [3.05, 3.63) is 46.1 Å². The lowest BCUT2D eigenvalue weighted by Gasteiger charge is -2.44. The summed E-state index contributed by atoms with van der Waals surface area (Å²) in [5.74, 6) is 0.138. The summed E-state index contributed by atoms with van der Waals surface area (Å²) in [5.41, 5.74) is -0.734. The van der Waals surface area contributed by atoms with Crippen molar-refractivity contribution in [2.45, 2.75) is 48.6 Å². The highest BCUT2D eigenvalue weighted by Gasteiger charge is 2.62. The maximum absolute atomic E-state index is 13.8. The summed E-state index contributed by atoms with van der Waals surface area (Å²) in [5, 5.41) is -0.363. The van der Waals surface area contributed by atoms with Gasteiger partial charge in [-0.15, -0.1) is 0 Å². The first-order valence-corrected chi connectivity index (χ1v) is 15.4. The lowest BCUT2D eigenvalue weighted by Crippen LogP contribution is -2.54. The molecule has 0 bridgehead atoms. The number of likely N-dealkylation sites (tertiary alicyclic amines) is 1. The van der Waals surface area contributed by atoms with E-state index in [1.165, 1.54) is 0 Å². The van der Waals surface area contributed by atoms with Crippen molar-refractivity contribution in [2.75, 3.05) is 46.6 Å². The highest BCUT2D eigenvalue weighted by Crippen LogP contribution is 2.54. The summed E-state index contributed by atoms with van der Waals surface area (Å²) < 4.78 is 45.9. The minimum Gasteiger partial charge on any atom is -0.487 e. The fraction of sp³-hybridized carbons (Fsp3) is 0.571. The molecule has 3 fully saturated rings. The average Bonchev–Trinajstić information content (AvgIpc) is 3.24. The zero-order chi connectivity index (χ0) is 27.3. The molecule has 1 aromatic carbocycles. The van der Waals surface area contributed by atoms with E-state index in [1.54, 1.807) is 37.6 Å². The fourth-order valence-corrected chi connectivity index (χ4v) is 8.83. The van der Waals surface area contributed by atoms with Crippen LogP contribution in [0.4, 0.5) is 0 Å². The standard InChI is InChI=1S/C28H34ClN3O6S/c1-36-18-28-15-22(39(34,35)23-12-20-2-3-21(29)13-26(20)37-17-23)14-25(33)24(28)16-27(38-28)4-8-31(9-5-27)19-32-10-6-30-7-11-32/h2-3,6-7,10,12-13,22,24H,4-5,8-9,11,14-19H2,1H3. The molecule has 1 spiro atoms. The van der Waals surface area contributed by atoms with Crippen molar-refractivity contribution in [2.24, 2.45) is 10.9 Å². The Labute approximate surface area is 234 Å². The minimum atomic E-state index is -3.82. The lowest BCUT2D eigenvalue weighted by atomic mass is 9.72. The molecular formula is C28H34ClN3O6S. The van der Waals surface area contributed by atoms with Gasteiger partial charge >= 0.3 is 0 Å². The molecule has 9 nitrogen and oxygen atoms in total. The number of Topliss-reactive ketones (excluding diaryl/α,β-unsaturated/α-hetero) is 1. The Morgan fingerprint density at radius 1 is 1.23 bits per heavy atom. The number of ether oxygens (including phenoxy) is 3. The summed E-state index contributed by atoms with van der Waals surface area (Å²) in [6.45, 7) is 3.41. The molecule has 1 saturated carbocycles. The molecule has 1 aliphatic carbocycles. The van der Waals surface area contributed by atoms with Gasteiger partial charge in [0.2, 0.25) is 0 Å². The van der Waals surface area contributed by atoms with Gasteiger partial charge in [-0.2, -0.15) is 0 Å². The summed E-state index contributed by atoms with van der Waals surface area (Å²) in [7, 11) is -2.23. The number of carbonyl (C=O) groups is 1. The first-order chi connectivity index (χ1) is 18.7. The molecule has 4 heterocycles. The number of hydrogen-bond acceptors (Lipinski definition) is 9. The minimum absolute atomic E-state index is 0.0162. The highest BCUT2D eigenvalue weighted by molar-refractivity contribution is 7.96.